The Labute approximate surface area is 224 Å². The third-order valence-electron chi connectivity index (χ3n) is 7.01. The van der Waals surface area contributed by atoms with E-state index < -0.39 is 40.8 Å². The molecule has 1 aliphatic heterocycles. The maximum absolute atomic E-state index is 13.9. The van der Waals surface area contributed by atoms with Gasteiger partial charge in [-0.2, -0.15) is 13.2 Å². The highest BCUT2D eigenvalue weighted by molar-refractivity contribution is 5.98. The number of amides is 1. The highest BCUT2D eigenvalue weighted by atomic mass is 19.4. The fraction of sp³-hybridized carbons (Fsp3) is 0.259. The van der Waals surface area contributed by atoms with Gasteiger partial charge in [0.05, 0.1) is 24.0 Å². The first-order chi connectivity index (χ1) is 18.9. The van der Waals surface area contributed by atoms with Crippen LogP contribution in [0.4, 0.5) is 40.3 Å². The van der Waals surface area contributed by atoms with Crippen molar-refractivity contribution in [2.45, 2.75) is 37.4 Å². The summed E-state index contributed by atoms with van der Waals surface area (Å²) in [6.45, 7) is 0.0474. The molecule has 0 spiro atoms. The second-order valence-corrected chi connectivity index (χ2v) is 9.47. The fourth-order valence-electron chi connectivity index (χ4n) is 5.30. The summed E-state index contributed by atoms with van der Waals surface area (Å²) in [4.78, 5) is 35.3. The van der Waals surface area contributed by atoms with Crippen LogP contribution in [-0.4, -0.2) is 34.7 Å². The Kier molecular flexibility index (Phi) is 6.82. The molecule has 3 aromatic rings. The summed E-state index contributed by atoms with van der Waals surface area (Å²) in [5, 5.41) is 23.4. The molecule has 1 heterocycles. The van der Waals surface area contributed by atoms with Crippen LogP contribution in [0.15, 0.2) is 54.6 Å². The van der Waals surface area contributed by atoms with Gasteiger partial charge < -0.3 is 15.2 Å². The van der Waals surface area contributed by atoms with Gasteiger partial charge in [0, 0.05) is 41.1 Å². The summed E-state index contributed by atoms with van der Waals surface area (Å²) < 4.78 is 60.9. The first-order valence-corrected chi connectivity index (χ1v) is 12.2. The van der Waals surface area contributed by atoms with Gasteiger partial charge in [-0.15, -0.1) is 0 Å². The highest BCUT2D eigenvalue weighted by Gasteiger charge is 2.47. The molecule has 0 aromatic heterocycles. The molecule has 13 heteroatoms. The number of carbonyl (C=O) groups is 2. The predicted molar refractivity (Wildman–Crippen MR) is 134 cm³/mol. The largest absolute Gasteiger partial charge is 0.493 e. The number of alkyl halides is 3. The molecule has 5 rings (SSSR count). The van der Waals surface area contributed by atoms with Crippen LogP contribution in [0.2, 0.25) is 0 Å². The average Bonchev–Trinajstić information content (AvgIpc) is 3.48. The number of nitrogens with one attached hydrogen (secondary N) is 1. The zero-order valence-corrected chi connectivity index (χ0v) is 20.6. The van der Waals surface area contributed by atoms with Crippen molar-refractivity contribution in [2.24, 2.45) is 0 Å². The molecule has 40 heavy (non-hydrogen) atoms. The molecule has 1 unspecified atom stereocenters. The van der Waals surface area contributed by atoms with Crippen LogP contribution in [0, 0.1) is 15.9 Å². The number of benzene rings is 3. The Balaban J connectivity index is 1.53. The van der Waals surface area contributed by atoms with E-state index >= 15 is 0 Å². The lowest BCUT2D eigenvalue weighted by atomic mass is 9.97. The van der Waals surface area contributed by atoms with Crippen molar-refractivity contribution in [1.82, 2.24) is 0 Å². The van der Waals surface area contributed by atoms with E-state index in [1.54, 1.807) is 12.1 Å². The molecule has 0 fully saturated rings. The van der Waals surface area contributed by atoms with Crippen LogP contribution >= 0.6 is 0 Å². The van der Waals surface area contributed by atoms with Crippen LogP contribution in [-0.2, 0) is 16.0 Å². The Hall–Kier alpha value is -4.68. The van der Waals surface area contributed by atoms with Crippen LogP contribution < -0.4 is 15.0 Å². The van der Waals surface area contributed by atoms with E-state index in [0.29, 0.717) is 27.3 Å². The van der Waals surface area contributed by atoms with Gasteiger partial charge in [0.25, 0.3) is 5.69 Å². The Morgan fingerprint density at radius 1 is 1.10 bits per heavy atom. The van der Waals surface area contributed by atoms with Crippen molar-refractivity contribution in [3.8, 4) is 5.75 Å². The van der Waals surface area contributed by atoms with Gasteiger partial charge >= 0.3 is 18.1 Å². The Morgan fingerprint density at radius 3 is 2.58 bits per heavy atom. The van der Waals surface area contributed by atoms with Gasteiger partial charge in [-0.1, -0.05) is 18.2 Å². The van der Waals surface area contributed by atoms with E-state index in [1.165, 1.54) is 24.3 Å². The molecule has 2 aliphatic rings. The average molecular weight is 559 g/mol. The molecule has 0 bridgehead atoms. The van der Waals surface area contributed by atoms with Gasteiger partial charge in [0.15, 0.2) is 0 Å². The van der Waals surface area contributed by atoms with Crippen LogP contribution in [0.1, 0.15) is 41.5 Å². The second-order valence-electron chi connectivity index (χ2n) is 9.47. The number of nitro benzene ring substituents is 1. The summed E-state index contributed by atoms with van der Waals surface area (Å²) in [6.07, 6.45) is -5.07. The number of ether oxygens (including phenoxy) is 1. The highest BCUT2D eigenvalue weighted by Crippen LogP contribution is 2.46. The lowest BCUT2D eigenvalue weighted by molar-refractivity contribution is -0.384. The minimum absolute atomic E-state index is 0.0474. The normalized spacial score (nSPS) is 17.5. The topological polar surface area (TPSA) is 122 Å². The zero-order chi connectivity index (χ0) is 28.8. The van der Waals surface area contributed by atoms with Gasteiger partial charge in [0.2, 0.25) is 0 Å². The first-order valence-electron chi connectivity index (χ1n) is 12.2. The van der Waals surface area contributed by atoms with Gasteiger partial charge in [-0.25, -0.2) is 4.39 Å². The number of carboxylic acids is 1. The number of anilines is 3. The summed E-state index contributed by atoms with van der Waals surface area (Å²) in [5.41, 5.74) is 1.20. The molecule has 3 aromatic carbocycles. The van der Waals surface area contributed by atoms with E-state index in [0.717, 1.165) is 18.2 Å². The minimum atomic E-state index is -5.20. The van der Waals surface area contributed by atoms with Crippen LogP contribution in [0.25, 0.3) is 0 Å². The lowest BCUT2D eigenvalue weighted by Crippen LogP contribution is -2.43. The minimum Gasteiger partial charge on any atom is -0.493 e. The molecule has 2 N–H and O–H groups in total. The van der Waals surface area contributed by atoms with Crippen molar-refractivity contribution in [1.29, 1.82) is 0 Å². The van der Waals surface area contributed by atoms with E-state index in [2.05, 4.69) is 5.32 Å². The van der Waals surface area contributed by atoms with Crippen molar-refractivity contribution in [3.63, 3.8) is 0 Å². The molecule has 2 atom stereocenters. The van der Waals surface area contributed by atoms with Crippen molar-refractivity contribution in [3.05, 3.63) is 87.2 Å². The predicted octanol–water partition coefficient (Wildman–Crippen LogP) is 6.01. The van der Waals surface area contributed by atoms with Crippen LogP contribution in [0.5, 0.6) is 5.75 Å². The molecule has 9 nitrogen and oxygen atoms in total. The fourth-order valence-corrected chi connectivity index (χ4v) is 5.30. The second kappa shape index (κ2) is 10.1. The van der Waals surface area contributed by atoms with Gasteiger partial charge in [-0.3, -0.25) is 24.6 Å². The molecule has 1 amide bonds. The summed E-state index contributed by atoms with van der Waals surface area (Å²) in [5.74, 6) is -4.12. The molecule has 0 radical (unpaired) electrons. The maximum atomic E-state index is 13.9. The number of hydrogen-bond acceptors (Lipinski definition) is 6. The zero-order valence-electron chi connectivity index (χ0n) is 20.6. The number of nitrogens with zero attached hydrogens (tertiary/aromatic N) is 2. The SMILES string of the molecule is O=C(O)C[C@@H]1COc2cc(N(C(=O)C(F)(F)F)C3CCc4c(Nc5cc(F)ccc5[N+](=O)[O-])cccc43)ccc21. The Bertz CT molecular complexity index is 1530. The van der Waals surface area contributed by atoms with E-state index in [4.69, 9.17) is 9.84 Å². The number of nitro groups is 1. The Morgan fingerprint density at radius 2 is 1.88 bits per heavy atom. The number of carboxylic acid groups (broad SMARTS) is 1. The third kappa shape index (κ3) is 5.01. The van der Waals surface area contributed by atoms with Crippen LogP contribution in [0.3, 0.4) is 0 Å². The maximum Gasteiger partial charge on any atom is 0.471 e. The van der Waals surface area contributed by atoms with Gasteiger partial charge in [0.1, 0.15) is 17.3 Å². The summed E-state index contributed by atoms with van der Waals surface area (Å²) in [7, 11) is 0. The quantitative estimate of drug-likeness (QED) is 0.207. The van der Waals surface area contributed by atoms with Crippen molar-refractivity contribution >= 4 is 34.6 Å². The number of fused-ring (bicyclic) bond motifs is 2. The van der Waals surface area contributed by atoms with E-state index in [1.807, 2.05) is 0 Å². The van der Waals surface area contributed by atoms with Crippen molar-refractivity contribution < 1.29 is 41.9 Å². The first kappa shape index (κ1) is 26.9. The number of rotatable bonds is 7. The molecular formula is C27H21F4N3O6. The van der Waals surface area contributed by atoms with E-state index in [9.17, 15) is 37.3 Å². The molecule has 0 saturated heterocycles. The molecule has 208 valence electrons. The number of aliphatic carboxylic acids is 1. The summed E-state index contributed by atoms with van der Waals surface area (Å²) >= 11 is 0. The number of halogens is 4. The smallest absolute Gasteiger partial charge is 0.471 e. The molecule has 1 aliphatic carbocycles. The number of hydrogen-bond donors (Lipinski definition) is 2. The molecule has 0 saturated carbocycles. The summed E-state index contributed by atoms with van der Waals surface area (Å²) in [6, 6.07) is 10.6. The van der Waals surface area contributed by atoms with Crippen molar-refractivity contribution in [2.75, 3.05) is 16.8 Å². The van der Waals surface area contributed by atoms with E-state index in [-0.39, 0.29) is 48.7 Å². The monoisotopic (exact) mass is 559 g/mol. The lowest BCUT2D eigenvalue weighted by Gasteiger charge is -2.31. The van der Waals surface area contributed by atoms with Gasteiger partial charge in [-0.05, 0) is 42.2 Å². The molecular weight excluding hydrogens is 538 g/mol. The standard InChI is InChI=1S/C27H21F4N3O6/c28-15-4-8-23(34(38)39)21(11-15)32-20-3-1-2-19-18(20)7-9-22(19)33(26(37)27(29,30)31)16-5-6-17-14(10-25(35)36)13-40-24(17)12-16/h1-6,8,11-12,14,22,32H,7,9-10,13H2,(H,35,36)/t14-,22?/m1/s1. The number of carbonyl (C=O) groups excluding carboxylic acids is 1. The third-order valence-corrected chi connectivity index (χ3v) is 7.01.